The minimum atomic E-state index is -0.462. The first-order valence-corrected chi connectivity index (χ1v) is 7.29. The number of hydrogen-bond donors (Lipinski definition) is 0. The molecule has 0 aliphatic heterocycles. The SMILES string of the molecule is CCCC(=O)N(CCOC)Cc1nc(C(=O)OC)cs1. The highest BCUT2D eigenvalue weighted by Crippen LogP contribution is 2.14. The van der Waals surface area contributed by atoms with Crippen molar-refractivity contribution in [2.75, 3.05) is 27.4 Å². The van der Waals surface area contributed by atoms with Gasteiger partial charge in [-0.05, 0) is 6.42 Å². The highest BCUT2D eigenvalue weighted by atomic mass is 32.1. The first kappa shape index (κ1) is 16.6. The second-order valence-electron chi connectivity index (χ2n) is 4.18. The van der Waals surface area contributed by atoms with Crippen LogP contribution in [0.1, 0.15) is 35.3 Å². The highest BCUT2D eigenvalue weighted by molar-refractivity contribution is 7.09. The zero-order valence-corrected chi connectivity index (χ0v) is 12.9. The Morgan fingerprint density at radius 1 is 1.40 bits per heavy atom. The van der Waals surface area contributed by atoms with Gasteiger partial charge in [0.1, 0.15) is 5.01 Å². The number of methoxy groups -OCH3 is 2. The lowest BCUT2D eigenvalue weighted by Crippen LogP contribution is -2.33. The van der Waals surface area contributed by atoms with Gasteiger partial charge in [-0.25, -0.2) is 9.78 Å². The molecule has 1 aromatic rings. The molecule has 0 atom stereocenters. The van der Waals surface area contributed by atoms with Gasteiger partial charge in [-0.3, -0.25) is 4.79 Å². The van der Waals surface area contributed by atoms with E-state index in [-0.39, 0.29) is 11.6 Å². The molecule has 7 heteroatoms. The molecule has 6 nitrogen and oxygen atoms in total. The van der Waals surface area contributed by atoms with Gasteiger partial charge in [0.15, 0.2) is 5.69 Å². The topological polar surface area (TPSA) is 68.7 Å². The van der Waals surface area contributed by atoms with Gasteiger partial charge >= 0.3 is 5.97 Å². The second kappa shape index (κ2) is 8.65. The molecule has 0 radical (unpaired) electrons. The summed E-state index contributed by atoms with van der Waals surface area (Å²) in [5.41, 5.74) is 0.280. The van der Waals surface area contributed by atoms with Crippen LogP contribution in [-0.4, -0.2) is 49.1 Å². The van der Waals surface area contributed by atoms with Crippen molar-refractivity contribution in [1.82, 2.24) is 9.88 Å². The third kappa shape index (κ3) is 4.90. The molecular weight excluding hydrogens is 280 g/mol. The predicted molar refractivity (Wildman–Crippen MR) is 75.7 cm³/mol. The molecular formula is C13H20N2O4S. The number of aromatic nitrogens is 1. The Kier molecular flexibility index (Phi) is 7.17. The van der Waals surface area contributed by atoms with Gasteiger partial charge in [0.2, 0.25) is 5.91 Å². The monoisotopic (exact) mass is 300 g/mol. The first-order chi connectivity index (χ1) is 9.62. The van der Waals surface area contributed by atoms with E-state index in [0.717, 1.165) is 6.42 Å². The fourth-order valence-corrected chi connectivity index (χ4v) is 2.39. The molecule has 0 saturated carbocycles. The van der Waals surface area contributed by atoms with E-state index in [4.69, 9.17) is 4.74 Å². The van der Waals surface area contributed by atoms with E-state index in [9.17, 15) is 9.59 Å². The minimum Gasteiger partial charge on any atom is -0.464 e. The molecule has 112 valence electrons. The fraction of sp³-hybridized carbons (Fsp3) is 0.615. The lowest BCUT2D eigenvalue weighted by Gasteiger charge is -2.21. The van der Waals surface area contributed by atoms with Gasteiger partial charge in [-0.2, -0.15) is 0 Å². The predicted octanol–water partition coefficient (Wildman–Crippen LogP) is 1.70. The normalized spacial score (nSPS) is 10.3. The van der Waals surface area contributed by atoms with Crippen LogP contribution in [0.25, 0.3) is 0 Å². The van der Waals surface area contributed by atoms with Crippen molar-refractivity contribution in [3.8, 4) is 0 Å². The maximum absolute atomic E-state index is 12.0. The Morgan fingerprint density at radius 2 is 2.15 bits per heavy atom. The summed E-state index contributed by atoms with van der Waals surface area (Å²) in [6.07, 6.45) is 1.30. The molecule has 0 N–H and O–H groups in total. The smallest absolute Gasteiger partial charge is 0.357 e. The van der Waals surface area contributed by atoms with E-state index in [1.165, 1.54) is 18.4 Å². The number of carbonyl (C=O) groups excluding carboxylic acids is 2. The molecule has 1 rings (SSSR count). The summed E-state index contributed by atoms with van der Waals surface area (Å²) in [7, 11) is 2.91. The number of ether oxygens (including phenoxy) is 2. The number of carbonyl (C=O) groups is 2. The molecule has 0 aliphatic rings. The maximum atomic E-state index is 12.0. The van der Waals surface area contributed by atoms with Crippen LogP contribution in [0.2, 0.25) is 0 Å². The molecule has 0 aliphatic carbocycles. The van der Waals surface area contributed by atoms with Gasteiger partial charge < -0.3 is 14.4 Å². The zero-order chi connectivity index (χ0) is 15.0. The quantitative estimate of drug-likeness (QED) is 0.684. The van der Waals surface area contributed by atoms with E-state index in [1.807, 2.05) is 6.92 Å². The summed E-state index contributed by atoms with van der Waals surface area (Å²) in [5, 5.41) is 2.35. The molecule has 20 heavy (non-hydrogen) atoms. The molecule has 0 fully saturated rings. The largest absolute Gasteiger partial charge is 0.464 e. The van der Waals surface area contributed by atoms with Crippen molar-refractivity contribution in [2.24, 2.45) is 0 Å². The molecule has 1 heterocycles. The number of amides is 1. The molecule has 0 aromatic carbocycles. The standard InChI is InChI=1S/C13H20N2O4S/c1-4-5-12(16)15(6-7-18-2)8-11-14-10(9-20-11)13(17)19-3/h9H,4-8H2,1-3H3. The van der Waals surface area contributed by atoms with Crippen molar-refractivity contribution >= 4 is 23.2 Å². The molecule has 1 aromatic heterocycles. The van der Waals surface area contributed by atoms with Crippen LogP contribution in [0.3, 0.4) is 0 Å². The van der Waals surface area contributed by atoms with Crippen LogP contribution in [-0.2, 0) is 20.8 Å². The second-order valence-corrected chi connectivity index (χ2v) is 5.12. The van der Waals surface area contributed by atoms with Gasteiger partial charge in [0.25, 0.3) is 0 Å². The van der Waals surface area contributed by atoms with Crippen molar-refractivity contribution in [1.29, 1.82) is 0 Å². The highest BCUT2D eigenvalue weighted by Gasteiger charge is 2.16. The van der Waals surface area contributed by atoms with E-state index < -0.39 is 5.97 Å². The van der Waals surface area contributed by atoms with Crippen molar-refractivity contribution in [3.63, 3.8) is 0 Å². The molecule has 0 unspecified atom stereocenters. The summed E-state index contributed by atoms with van der Waals surface area (Å²) in [6.45, 7) is 3.35. The van der Waals surface area contributed by atoms with E-state index in [1.54, 1.807) is 17.4 Å². The van der Waals surface area contributed by atoms with Gasteiger partial charge in [0.05, 0.1) is 20.3 Å². The lowest BCUT2D eigenvalue weighted by atomic mass is 10.3. The molecule has 1 amide bonds. The lowest BCUT2D eigenvalue weighted by molar-refractivity contribution is -0.132. The Morgan fingerprint density at radius 3 is 2.75 bits per heavy atom. The van der Waals surface area contributed by atoms with Crippen LogP contribution >= 0.6 is 11.3 Å². The number of esters is 1. The summed E-state index contributed by atoms with van der Waals surface area (Å²) in [6, 6.07) is 0. The van der Waals surface area contributed by atoms with Crippen LogP contribution in [0.15, 0.2) is 5.38 Å². The number of thiazole rings is 1. The van der Waals surface area contributed by atoms with Gasteiger partial charge in [-0.15, -0.1) is 11.3 Å². The average Bonchev–Trinajstić information content (AvgIpc) is 2.91. The van der Waals surface area contributed by atoms with Crippen LogP contribution < -0.4 is 0 Å². The van der Waals surface area contributed by atoms with Crippen LogP contribution in [0.5, 0.6) is 0 Å². The molecule has 0 spiro atoms. The van der Waals surface area contributed by atoms with Gasteiger partial charge in [0, 0.05) is 25.5 Å². The van der Waals surface area contributed by atoms with Crippen molar-refractivity contribution in [3.05, 3.63) is 16.1 Å². The van der Waals surface area contributed by atoms with E-state index in [2.05, 4.69) is 9.72 Å². The van der Waals surface area contributed by atoms with E-state index >= 15 is 0 Å². The maximum Gasteiger partial charge on any atom is 0.357 e. The van der Waals surface area contributed by atoms with Gasteiger partial charge in [-0.1, -0.05) is 6.92 Å². The Bertz CT molecular complexity index is 447. The van der Waals surface area contributed by atoms with Crippen molar-refractivity contribution < 1.29 is 19.1 Å². The zero-order valence-electron chi connectivity index (χ0n) is 12.0. The number of rotatable bonds is 8. The Hall–Kier alpha value is -1.47. The third-order valence-electron chi connectivity index (χ3n) is 2.65. The Labute approximate surface area is 122 Å². The summed E-state index contributed by atoms with van der Waals surface area (Å²) >= 11 is 1.34. The third-order valence-corrected chi connectivity index (χ3v) is 3.49. The van der Waals surface area contributed by atoms with E-state index in [0.29, 0.717) is 31.1 Å². The number of nitrogens with zero attached hydrogens (tertiary/aromatic N) is 2. The Balaban J connectivity index is 2.70. The minimum absolute atomic E-state index is 0.0689. The fourth-order valence-electron chi connectivity index (χ4n) is 1.61. The number of hydrogen-bond acceptors (Lipinski definition) is 6. The summed E-state index contributed by atoms with van der Waals surface area (Å²) in [4.78, 5) is 29.2. The average molecular weight is 300 g/mol. The first-order valence-electron chi connectivity index (χ1n) is 6.41. The summed E-state index contributed by atoms with van der Waals surface area (Å²) in [5.74, 6) is -0.393. The molecule has 0 bridgehead atoms. The van der Waals surface area contributed by atoms with Crippen LogP contribution in [0.4, 0.5) is 0 Å². The molecule has 0 saturated heterocycles. The van der Waals surface area contributed by atoms with Crippen LogP contribution in [0, 0.1) is 0 Å². The van der Waals surface area contributed by atoms with Crippen molar-refractivity contribution in [2.45, 2.75) is 26.3 Å². The summed E-state index contributed by atoms with van der Waals surface area (Å²) < 4.78 is 9.62.